The lowest BCUT2D eigenvalue weighted by Crippen LogP contribution is -2.10. The van der Waals surface area contributed by atoms with E-state index in [1.807, 2.05) is 54.6 Å². The zero-order valence-corrected chi connectivity index (χ0v) is 15.8. The fourth-order valence-corrected chi connectivity index (χ4v) is 3.00. The Kier molecular flexibility index (Phi) is 6.22. The SMILES string of the molecule is CCOC(=O)/C(=C(/c1ccc(F)cc1)c1ccc(OC)cc1)c1ccccc1. The average Bonchev–Trinajstić information content (AvgIpc) is 2.73. The summed E-state index contributed by atoms with van der Waals surface area (Å²) in [4.78, 5) is 12.9. The second-order valence-corrected chi connectivity index (χ2v) is 6.07. The average molecular weight is 376 g/mol. The van der Waals surface area contributed by atoms with E-state index in [0.29, 0.717) is 16.9 Å². The van der Waals surface area contributed by atoms with Crippen LogP contribution in [-0.4, -0.2) is 19.7 Å². The number of hydrogen-bond donors (Lipinski definition) is 0. The number of ether oxygens (including phenoxy) is 2. The van der Waals surface area contributed by atoms with Crippen molar-refractivity contribution in [2.75, 3.05) is 13.7 Å². The van der Waals surface area contributed by atoms with Crippen LogP contribution in [0.2, 0.25) is 0 Å². The highest BCUT2D eigenvalue weighted by Crippen LogP contribution is 2.34. The molecule has 0 amide bonds. The molecule has 0 fully saturated rings. The van der Waals surface area contributed by atoms with E-state index in [2.05, 4.69) is 0 Å². The van der Waals surface area contributed by atoms with E-state index in [4.69, 9.17) is 9.47 Å². The quantitative estimate of drug-likeness (QED) is 0.330. The fraction of sp³-hybridized carbons (Fsp3) is 0.125. The van der Waals surface area contributed by atoms with Gasteiger partial charge in [0.05, 0.1) is 19.3 Å². The third kappa shape index (κ3) is 4.29. The molecular weight excluding hydrogens is 355 g/mol. The summed E-state index contributed by atoms with van der Waals surface area (Å²) in [5.74, 6) is -0.0568. The summed E-state index contributed by atoms with van der Waals surface area (Å²) >= 11 is 0. The van der Waals surface area contributed by atoms with Crippen molar-refractivity contribution >= 4 is 17.1 Å². The monoisotopic (exact) mass is 376 g/mol. The summed E-state index contributed by atoms with van der Waals surface area (Å²) < 4.78 is 24.1. The molecule has 3 aromatic carbocycles. The molecule has 3 aromatic rings. The minimum Gasteiger partial charge on any atom is -0.497 e. The van der Waals surface area contributed by atoms with Gasteiger partial charge in [-0.15, -0.1) is 0 Å². The molecule has 142 valence electrons. The summed E-state index contributed by atoms with van der Waals surface area (Å²) in [6.07, 6.45) is 0. The zero-order valence-electron chi connectivity index (χ0n) is 15.8. The molecule has 0 aliphatic carbocycles. The molecule has 0 aliphatic heterocycles. The van der Waals surface area contributed by atoms with Crippen LogP contribution in [0.15, 0.2) is 78.9 Å². The van der Waals surface area contributed by atoms with Gasteiger partial charge in [0, 0.05) is 5.57 Å². The maximum absolute atomic E-state index is 13.5. The van der Waals surface area contributed by atoms with Crippen LogP contribution in [0.5, 0.6) is 5.75 Å². The summed E-state index contributed by atoms with van der Waals surface area (Å²) in [5.41, 5.74) is 3.36. The normalized spacial score (nSPS) is 11.5. The molecular formula is C24H21FO3. The second-order valence-electron chi connectivity index (χ2n) is 6.07. The lowest BCUT2D eigenvalue weighted by atomic mass is 9.89. The molecule has 0 unspecified atom stereocenters. The second kappa shape index (κ2) is 9.00. The highest BCUT2D eigenvalue weighted by Gasteiger charge is 2.21. The molecule has 0 heterocycles. The number of carbonyl (C=O) groups is 1. The van der Waals surface area contributed by atoms with E-state index >= 15 is 0 Å². The van der Waals surface area contributed by atoms with Gasteiger partial charge in [-0.3, -0.25) is 0 Å². The van der Waals surface area contributed by atoms with Crippen molar-refractivity contribution in [3.63, 3.8) is 0 Å². The Labute approximate surface area is 164 Å². The van der Waals surface area contributed by atoms with Crippen molar-refractivity contribution in [3.8, 4) is 5.75 Å². The van der Waals surface area contributed by atoms with Gasteiger partial charge in [0.25, 0.3) is 0 Å². The van der Waals surface area contributed by atoms with Gasteiger partial charge >= 0.3 is 5.97 Å². The van der Waals surface area contributed by atoms with Crippen LogP contribution in [-0.2, 0) is 9.53 Å². The Morgan fingerprint density at radius 1 is 0.821 bits per heavy atom. The van der Waals surface area contributed by atoms with Gasteiger partial charge in [0.2, 0.25) is 0 Å². The highest BCUT2D eigenvalue weighted by molar-refractivity contribution is 6.26. The highest BCUT2D eigenvalue weighted by atomic mass is 19.1. The smallest absolute Gasteiger partial charge is 0.339 e. The van der Waals surface area contributed by atoms with Gasteiger partial charge in [-0.2, -0.15) is 0 Å². The topological polar surface area (TPSA) is 35.5 Å². The van der Waals surface area contributed by atoms with Crippen molar-refractivity contribution in [1.29, 1.82) is 0 Å². The summed E-state index contributed by atoms with van der Waals surface area (Å²) in [6, 6.07) is 22.8. The third-order valence-corrected chi connectivity index (χ3v) is 4.30. The predicted molar refractivity (Wildman–Crippen MR) is 108 cm³/mol. The third-order valence-electron chi connectivity index (χ3n) is 4.30. The molecule has 0 saturated heterocycles. The molecule has 0 radical (unpaired) electrons. The maximum atomic E-state index is 13.5. The number of methoxy groups -OCH3 is 1. The van der Waals surface area contributed by atoms with E-state index < -0.39 is 5.97 Å². The summed E-state index contributed by atoms with van der Waals surface area (Å²) in [6.45, 7) is 2.03. The van der Waals surface area contributed by atoms with E-state index in [1.54, 1.807) is 26.2 Å². The predicted octanol–water partition coefficient (Wildman–Crippen LogP) is 5.36. The number of hydrogen-bond acceptors (Lipinski definition) is 3. The van der Waals surface area contributed by atoms with Crippen molar-refractivity contribution in [3.05, 3.63) is 101 Å². The van der Waals surface area contributed by atoms with Crippen molar-refractivity contribution < 1.29 is 18.7 Å². The zero-order chi connectivity index (χ0) is 19.9. The minimum absolute atomic E-state index is 0.258. The molecule has 3 nitrogen and oxygen atoms in total. The van der Waals surface area contributed by atoms with Crippen molar-refractivity contribution in [2.45, 2.75) is 6.92 Å². The van der Waals surface area contributed by atoms with Gasteiger partial charge in [-0.05, 0) is 47.9 Å². The number of rotatable bonds is 6. The lowest BCUT2D eigenvalue weighted by Gasteiger charge is -2.16. The van der Waals surface area contributed by atoms with Crippen LogP contribution in [0, 0.1) is 5.82 Å². The molecule has 0 spiro atoms. The minimum atomic E-state index is -0.427. The number of halogens is 1. The first-order valence-corrected chi connectivity index (χ1v) is 9.01. The van der Waals surface area contributed by atoms with Gasteiger partial charge < -0.3 is 9.47 Å². The number of benzene rings is 3. The Morgan fingerprint density at radius 2 is 1.39 bits per heavy atom. The molecule has 3 rings (SSSR count). The molecule has 0 aromatic heterocycles. The Morgan fingerprint density at radius 3 is 1.93 bits per heavy atom. The van der Waals surface area contributed by atoms with Crippen LogP contribution in [0.1, 0.15) is 23.6 Å². The van der Waals surface area contributed by atoms with E-state index in [0.717, 1.165) is 16.7 Å². The van der Waals surface area contributed by atoms with Crippen LogP contribution in [0.4, 0.5) is 4.39 Å². The largest absolute Gasteiger partial charge is 0.497 e. The van der Waals surface area contributed by atoms with Gasteiger partial charge in [0.15, 0.2) is 0 Å². The van der Waals surface area contributed by atoms with Crippen molar-refractivity contribution in [1.82, 2.24) is 0 Å². The van der Waals surface area contributed by atoms with Crippen molar-refractivity contribution in [2.24, 2.45) is 0 Å². The first-order valence-electron chi connectivity index (χ1n) is 9.01. The number of esters is 1. The van der Waals surface area contributed by atoms with Crippen LogP contribution in [0.25, 0.3) is 11.1 Å². The van der Waals surface area contributed by atoms with E-state index in [9.17, 15) is 9.18 Å². The molecule has 0 bridgehead atoms. The van der Waals surface area contributed by atoms with Gasteiger partial charge in [0.1, 0.15) is 11.6 Å². The summed E-state index contributed by atoms with van der Waals surface area (Å²) in [5, 5.41) is 0. The Bertz CT molecular complexity index is 959. The molecule has 4 heteroatoms. The molecule has 0 saturated carbocycles. The lowest BCUT2D eigenvalue weighted by molar-refractivity contribution is -0.136. The maximum Gasteiger partial charge on any atom is 0.339 e. The first kappa shape index (κ1) is 19.4. The van der Waals surface area contributed by atoms with Crippen LogP contribution >= 0.6 is 0 Å². The van der Waals surface area contributed by atoms with Gasteiger partial charge in [-0.25, -0.2) is 9.18 Å². The first-order chi connectivity index (χ1) is 13.6. The molecule has 0 N–H and O–H groups in total. The van der Waals surface area contributed by atoms with E-state index in [-0.39, 0.29) is 12.4 Å². The molecule has 0 atom stereocenters. The fourth-order valence-electron chi connectivity index (χ4n) is 3.00. The number of carbonyl (C=O) groups excluding carboxylic acids is 1. The summed E-state index contributed by atoms with van der Waals surface area (Å²) in [7, 11) is 1.60. The van der Waals surface area contributed by atoms with Crippen LogP contribution < -0.4 is 4.74 Å². The Hall–Kier alpha value is -3.40. The van der Waals surface area contributed by atoms with Crippen LogP contribution in [0.3, 0.4) is 0 Å². The van der Waals surface area contributed by atoms with E-state index in [1.165, 1.54) is 12.1 Å². The van der Waals surface area contributed by atoms with Gasteiger partial charge in [-0.1, -0.05) is 54.6 Å². The standard InChI is InChI=1S/C24H21FO3/c1-3-28-24(26)23(17-7-5-4-6-8-17)22(18-9-13-20(25)14-10-18)19-11-15-21(27-2)16-12-19/h4-16H,3H2,1-2H3/b23-22-. The molecule has 28 heavy (non-hydrogen) atoms. The Balaban J connectivity index is 2.31. The molecule has 0 aliphatic rings.